The van der Waals surface area contributed by atoms with Gasteiger partial charge < -0.3 is 0 Å². The van der Waals surface area contributed by atoms with Gasteiger partial charge in [0.1, 0.15) is 0 Å². The molecule has 0 unspecified atom stereocenters. The van der Waals surface area contributed by atoms with Crippen molar-refractivity contribution >= 4 is 23.4 Å². The third-order valence-electron chi connectivity index (χ3n) is 2.63. The SMILES string of the molecule is O=C(/C=C\c1ccccc1)NNc1ccc([N+](=O)[O-])cc1. The van der Waals surface area contributed by atoms with Crippen LogP contribution in [0.5, 0.6) is 0 Å². The average molecular weight is 283 g/mol. The summed E-state index contributed by atoms with van der Waals surface area (Å²) in [5.74, 6) is -0.322. The molecule has 0 saturated heterocycles. The number of nitro benzene ring substituents is 1. The summed E-state index contributed by atoms with van der Waals surface area (Å²) in [4.78, 5) is 21.6. The first kappa shape index (κ1) is 14.3. The fraction of sp³-hybridized carbons (Fsp3) is 0. The van der Waals surface area contributed by atoms with E-state index in [1.54, 1.807) is 6.08 Å². The highest BCUT2D eigenvalue weighted by Crippen LogP contribution is 2.14. The summed E-state index contributed by atoms with van der Waals surface area (Å²) in [6.45, 7) is 0. The van der Waals surface area contributed by atoms with Crippen LogP contribution in [0.3, 0.4) is 0 Å². The van der Waals surface area contributed by atoms with Gasteiger partial charge in [0, 0.05) is 18.2 Å². The molecule has 0 heterocycles. The smallest absolute Gasteiger partial charge is 0.269 e. The second-order valence-electron chi connectivity index (χ2n) is 4.16. The summed E-state index contributed by atoms with van der Waals surface area (Å²) in [5.41, 5.74) is 6.62. The number of hydrogen-bond donors (Lipinski definition) is 2. The molecular weight excluding hydrogens is 270 g/mol. The highest BCUT2D eigenvalue weighted by Gasteiger charge is 2.03. The van der Waals surface area contributed by atoms with Crippen molar-refractivity contribution < 1.29 is 9.72 Å². The summed E-state index contributed by atoms with van der Waals surface area (Å²) in [6, 6.07) is 15.2. The molecule has 106 valence electrons. The van der Waals surface area contributed by atoms with Crippen LogP contribution >= 0.6 is 0 Å². The first-order valence-electron chi connectivity index (χ1n) is 6.19. The van der Waals surface area contributed by atoms with Crippen LogP contribution in [0.1, 0.15) is 5.56 Å². The fourth-order valence-electron chi connectivity index (χ4n) is 1.58. The number of amides is 1. The summed E-state index contributed by atoms with van der Waals surface area (Å²) < 4.78 is 0. The second-order valence-corrected chi connectivity index (χ2v) is 4.16. The minimum atomic E-state index is -0.481. The molecule has 0 aromatic heterocycles. The Labute approximate surface area is 121 Å². The zero-order valence-electron chi connectivity index (χ0n) is 11.0. The van der Waals surface area contributed by atoms with Crippen LogP contribution in [-0.4, -0.2) is 10.8 Å². The summed E-state index contributed by atoms with van der Waals surface area (Å²) >= 11 is 0. The number of rotatable bonds is 5. The molecule has 0 aliphatic heterocycles. The normalized spacial score (nSPS) is 10.3. The van der Waals surface area contributed by atoms with Crippen molar-refractivity contribution in [2.75, 3.05) is 5.43 Å². The second kappa shape index (κ2) is 6.85. The molecule has 0 bridgehead atoms. The molecule has 2 rings (SSSR count). The molecule has 2 aromatic carbocycles. The molecule has 6 heteroatoms. The standard InChI is InChI=1S/C15H13N3O3/c19-15(11-6-12-4-2-1-3-5-12)17-16-13-7-9-14(10-8-13)18(20)21/h1-11,16H,(H,17,19)/b11-6-. The Morgan fingerprint density at radius 2 is 1.71 bits per heavy atom. The lowest BCUT2D eigenvalue weighted by atomic mass is 10.2. The van der Waals surface area contributed by atoms with Gasteiger partial charge in [-0.25, -0.2) is 0 Å². The number of carbonyl (C=O) groups excluding carboxylic acids is 1. The molecule has 0 spiro atoms. The van der Waals surface area contributed by atoms with Crippen molar-refractivity contribution in [1.82, 2.24) is 5.43 Å². The van der Waals surface area contributed by atoms with Crippen molar-refractivity contribution in [1.29, 1.82) is 0 Å². The van der Waals surface area contributed by atoms with Gasteiger partial charge in [0.2, 0.25) is 0 Å². The number of nitro groups is 1. The van der Waals surface area contributed by atoms with E-state index in [-0.39, 0.29) is 11.6 Å². The van der Waals surface area contributed by atoms with E-state index in [1.807, 2.05) is 30.3 Å². The summed E-state index contributed by atoms with van der Waals surface area (Å²) in [6.07, 6.45) is 3.08. The number of benzene rings is 2. The van der Waals surface area contributed by atoms with Gasteiger partial charge >= 0.3 is 0 Å². The van der Waals surface area contributed by atoms with Gasteiger partial charge in [-0.3, -0.25) is 25.8 Å². The third kappa shape index (κ3) is 4.46. The predicted octanol–water partition coefficient (Wildman–Crippen LogP) is 2.75. The van der Waals surface area contributed by atoms with E-state index >= 15 is 0 Å². The summed E-state index contributed by atoms with van der Waals surface area (Å²) in [7, 11) is 0. The summed E-state index contributed by atoms with van der Waals surface area (Å²) in [5, 5.41) is 10.5. The van der Waals surface area contributed by atoms with Crippen LogP contribution in [-0.2, 0) is 4.79 Å². The van der Waals surface area contributed by atoms with E-state index < -0.39 is 4.92 Å². The molecule has 0 aliphatic carbocycles. The van der Waals surface area contributed by atoms with E-state index in [0.29, 0.717) is 5.69 Å². The maximum atomic E-state index is 11.6. The molecule has 6 nitrogen and oxygen atoms in total. The molecule has 0 atom stereocenters. The molecular formula is C15H13N3O3. The number of hydrazine groups is 1. The van der Waals surface area contributed by atoms with E-state index in [9.17, 15) is 14.9 Å². The van der Waals surface area contributed by atoms with Gasteiger partial charge in [-0.1, -0.05) is 30.3 Å². The monoisotopic (exact) mass is 283 g/mol. The van der Waals surface area contributed by atoms with Crippen LogP contribution in [0.2, 0.25) is 0 Å². The van der Waals surface area contributed by atoms with Crippen molar-refractivity contribution in [3.63, 3.8) is 0 Å². The topological polar surface area (TPSA) is 84.3 Å². The molecule has 21 heavy (non-hydrogen) atoms. The molecule has 0 radical (unpaired) electrons. The number of non-ortho nitro benzene ring substituents is 1. The van der Waals surface area contributed by atoms with E-state index in [4.69, 9.17) is 0 Å². The molecule has 2 N–H and O–H groups in total. The fourth-order valence-corrected chi connectivity index (χ4v) is 1.58. The first-order valence-corrected chi connectivity index (χ1v) is 6.19. The number of nitrogens with zero attached hydrogens (tertiary/aromatic N) is 1. The molecule has 1 amide bonds. The number of carbonyl (C=O) groups is 1. The van der Waals surface area contributed by atoms with Gasteiger partial charge in [-0.05, 0) is 23.8 Å². The van der Waals surface area contributed by atoms with Crippen LogP contribution in [0.15, 0.2) is 60.7 Å². The number of nitrogens with one attached hydrogen (secondary N) is 2. The van der Waals surface area contributed by atoms with Gasteiger partial charge in [0.05, 0.1) is 10.6 Å². The molecule has 2 aromatic rings. The van der Waals surface area contributed by atoms with Crippen molar-refractivity contribution in [2.24, 2.45) is 0 Å². The van der Waals surface area contributed by atoms with E-state index in [1.165, 1.54) is 30.3 Å². The van der Waals surface area contributed by atoms with E-state index in [2.05, 4.69) is 10.9 Å². The third-order valence-corrected chi connectivity index (χ3v) is 2.63. The van der Waals surface area contributed by atoms with Crippen molar-refractivity contribution in [3.05, 3.63) is 76.4 Å². The Hall–Kier alpha value is -3.15. The van der Waals surface area contributed by atoms with Crippen LogP contribution in [0.4, 0.5) is 11.4 Å². The zero-order chi connectivity index (χ0) is 15.1. The highest BCUT2D eigenvalue weighted by molar-refractivity contribution is 5.92. The molecule has 0 aliphatic rings. The zero-order valence-corrected chi connectivity index (χ0v) is 11.0. The Morgan fingerprint density at radius 1 is 1.05 bits per heavy atom. The lowest BCUT2D eigenvalue weighted by molar-refractivity contribution is -0.384. The van der Waals surface area contributed by atoms with Gasteiger partial charge in [0.15, 0.2) is 0 Å². The van der Waals surface area contributed by atoms with Crippen molar-refractivity contribution in [3.8, 4) is 0 Å². The Kier molecular flexibility index (Phi) is 4.66. The molecule has 0 saturated carbocycles. The maximum absolute atomic E-state index is 11.6. The molecule has 0 fully saturated rings. The highest BCUT2D eigenvalue weighted by atomic mass is 16.6. The Bertz CT molecular complexity index is 652. The lowest BCUT2D eigenvalue weighted by Crippen LogP contribution is -2.27. The minimum Gasteiger partial charge on any atom is -0.298 e. The van der Waals surface area contributed by atoms with Gasteiger partial charge in [0.25, 0.3) is 11.6 Å². The number of anilines is 1. The van der Waals surface area contributed by atoms with E-state index in [0.717, 1.165) is 5.56 Å². The minimum absolute atomic E-state index is 0.00384. The van der Waals surface area contributed by atoms with Gasteiger partial charge in [-0.15, -0.1) is 0 Å². The van der Waals surface area contributed by atoms with Crippen LogP contribution in [0, 0.1) is 10.1 Å². The Balaban J connectivity index is 1.86. The van der Waals surface area contributed by atoms with Crippen molar-refractivity contribution in [2.45, 2.75) is 0 Å². The maximum Gasteiger partial charge on any atom is 0.269 e. The number of hydrogen-bond acceptors (Lipinski definition) is 4. The first-order chi connectivity index (χ1) is 10.1. The average Bonchev–Trinajstić information content (AvgIpc) is 2.52. The lowest BCUT2D eigenvalue weighted by Gasteiger charge is -2.05. The van der Waals surface area contributed by atoms with Crippen LogP contribution < -0.4 is 10.9 Å². The largest absolute Gasteiger partial charge is 0.298 e. The van der Waals surface area contributed by atoms with Crippen LogP contribution in [0.25, 0.3) is 6.08 Å². The van der Waals surface area contributed by atoms with Gasteiger partial charge in [-0.2, -0.15) is 0 Å². The predicted molar refractivity (Wildman–Crippen MR) is 80.3 cm³/mol. The Morgan fingerprint density at radius 3 is 2.33 bits per heavy atom. The quantitative estimate of drug-likeness (QED) is 0.502.